The first kappa shape index (κ1) is 23.7. The first-order valence-electron chi connectivity index (χ1n) is 10.6. The molecule has 1 saturated heterocycles. The summed E-state index contributed by atoms with van der Waals surface area (Å²) in [6.07, 6.45) is 0.406. The van der Waals surface area contributed by atoms with Crippen LogP contribution in [0.3, 0.4) is 0 Å². The van der Waals surface area contributed by atoms with E-state index in [0.29, 0.717) is 16.5 Å². The number of alkyl halides is 1. The van der Waals surface area contributed by atoms with Gasteiger partial charge in [0, 0.05) is 31.0 Å². The maximum Gasteiger partial charge on any atom is 0.380 e. The number of nitrogens with zero attached hydrogens (tertiary/aromatic N) is 2. The maximum atomic E-state index is 15.4. The third-order valence-electron chi connectivity index (χ3n) is 5.99. The second-order valence-corrected chi connectivity index (χ2v) is 8.92. The van der Waals surface area contributed by atoms with Crippen LogP contribution in [0.5, 0.6) is 5.75 Å². The fourth-order valence-electron chi connectivity index (χ4n) is 4.08. The van der Waals surface area contributed by atoms with E-state index < -0.39 is 17.4 Å². The molecule has 7 nitrogen and oxygen atoms in total. The van der Waals surface area contributed by atoms with Crippen LogP contribution in [0, 0.1) is 5.82 Å². The lowest BCUT2D eigenvalue weighted by atomic mass is 9.86. The summed E-state index contributed by atoms with van der Waals surface area (Å²) in [5.74, 6) is -2.35. The maximum absolute atomic E-state index is 15.4. The number of halogens is 2. The fourth-order valence-corrected chi connectivity index (χ4v) is 4.85. The molecule has 1 aliphatic heterocycles. The van der Waals surface area contributed by atoms with Crippen LogP contribution < -0.4 is 4.74 Å². The molecule has 0 N–H and O–H groups in total. The van der Waals surface area contributed by atoms with Crippen LogP contribution in [0.15, 0.2) is 36.4 Å². The Hall–Kier alpha value is -3.40. The van der Waals surface area contributed by atoms with Crippen molar-refractivity contribution in [3.8, 4) is 5.75 Å². The van der Waals surface area contributed by atoms with Crippen LogP contribution >= 0.6 is 11.5 Å². The summed E-state index contributed by atoms with van der Waals surface area (Å²) in [6.45, 7) is 0.376. The minimum absolute atomic E-state index is 0.0688. The standard InChI is InChI=1S/C24H22F2N2O5S/c1-32-19-12-18-16(21(34-27-18)20(29)23(31)33-2)11-17(19)22(30)28-9-7-24(26,8-10-28)13-14-3-5-15(25)6-4-14/h3-6,11-12H,7-10,13H2,1-2H3. The van der Waals surface area contributed by atoms with E-state index in [1.54, 1.807) is 12.1 Å². The molecule has 0 aliphatic carbocycles. The van der Waals surface area contributed by atoms with Crippen LogP contribution in [-0.4, -0.2) is 59.9 Å². The van der Waals surface area contributed by atoms with Gasteiger partial charge < -0.3 is 14.4 Å². The van der Waals surface area contributed by atoms with Gasteiger partial charge in [-0.2, -0.15) is 4.37 Å². The van der Waals surface area contributed by atoms with E-state index in [1.165, 1.54) is 36.3 Å². The molecule has 0 atom stereocenters. The van der Waals surface area contributed by atoms with Gasteiger partial charge in [0.15, 0.2) is 0 Å². The monoisotopic (exact) mass is 488 g/mol. The highest BCUT2D eigenvalue weighted by Gasteiger charge is 2.37. The van der Waals surface area contributed by atoms with Gasteiger partial charge in [-0.25, -0.2) is 13.6 Å². The minimum Gasteiger partial charge on any atom is -0.496 e. The van der Waals surface area contributed by atoms with Gasteiger partial charge >= 0.3 is 5.97 Å². The van der Waals surface area contributed by atoms with E-state index in [9.17, 15) is 18.8 Å². The number of carbonyl (C=O) groups is 3. The highest BCUT2D eigenvalue weighted by Crippen LogP contribution is 2.34. The van der Waals surface area contributed by atoms with Crippen molar-refractivity contribution in [2.45, 2.75) is 24.9 Å². The van der Waals surface area contributed by atoms with Crippen molar-refractivity contribution >= 4 is 40.1 Å². The number of likely N-dealkylation sites (tertiary alicyclic amines) is 1. The quantitative estimate of drug-likeness (QED) is 0.296. The van der Waals surface area contributed by atoms with E-state index >= 15 is 4.39 Å². The Morgan fingerprint density at radius 2 is 1.79 bits per heavy atom. The van der Waals surface area contributed by atoms with Gasteiger partial charge in [0.1, 0.15) is 22.1 Å². The summed E-state index contributed by atoms with van der Waals surface area (Å²) >= 11 is 0.837. The predicted molar refractivity (Wildman–Crippen MR) is 122 cm³/mol. The normalized spacial score (nSPS) is 15.2. The van der Waals surface area contributed by atoms with Crippen molar-refractivity contribution in [1.82, 2.24) is 9.27 Å². The number of aromatic nitrogens is 1. The molecule has 1 amide bonds. The van der Waals surface area contributed by atoms with Crippen molar-refractivity contribution in [2.75, 3.05) is 27.3 Å². The topological polar surface area (TPSA) is 85.8 Å². The lowest BCUT2D eigenvalue weighted by molar-refractivity contribution is -0.135. The van der Waals surface area contributed by atoms with Crippen molar-refractivity contribution in [3.05, 3.63) is 58.2 Å². The Morgan fingerprint density at radius 3 is 2.41 bits per heavy atom. The number of rotatable bonds is 6. The molecule has 1 aromatic heterocycles. The summed E-state index contributed by atoms with van der Waals surface area (Å²) in [6, 6.07) is 8.75. The second kappa shape index (κ2) is 9.46. The predicted octanol–water partition coefficient (Wildman–Crippen LogP) is 3.99. The van der Waals surface area contributed by atoms with E-state index in [4.69, 9.17) is 4.74 Å². The highest BCUT2D eigenvalue weighted by molar-refractivity contribution is 7.10. The molecule has 2 aromatic carbocycles. The number of fused-ring (bicyclic) bond motifs is 1. The molecule has 34 heavy (non-hydrogen) atoms. The van der Waals surface area contributed by atoms with Crippen LogP contribution in [-0.2, 0) is 16.0 Å². The van der Waals surface area contributed by atoms with Crippen molar-refractivity contribution < 1.29 is 32.6 Å². The zero-order valence-electron chi connectivity index (χ0n) is 18.6. The molecular formula is C24H22F2N2O5S. The van der Waals surface area contributed by atoms with Gasteiger partial charge in [-0.1, -0.05) is 12.1 Å². The van der Waals surface area contributed by atoms with Gasteiger partial charge in [0.25, 0.3) is 11.7 Å². The average Bonchev–Trinajstić information content (AvgIpc) is 3.26. The smallest absolute Gasteiger partial charge is 0.380 e. The first-order chi connectivity index (χ1) is 16.2. The molecule has 0 saturated carbocycles. The second-order valence-electron chi connectivity index (χ2n) is 8.15. The van der Waals surface area contributed by atoms with E-state index in [0.717, 1.165) is 18.6 Å². The lowest BCUT2D eigenvalue weighted by Crippen LogP contribution is -2.45. The number of hydrogen-bond donors (Lipinski definition) is 0. The number of ether oxygens (including phenoxy) is 2. The van der Waals surface area contributed by atoms with E-state index in [-0.39, 0.29) is 60.3 Å². The zero-order chi connectivity index (χ0) is 24.5. The molecule has 0 bridgehead atoms. The molecule has 178 valence electrons. The number of hydrogen-bond acceptors (Lipinski definition) is 7. The molecular weight excluding hydrogens is 466 g/mol. The van der Waals surface area contributed by atoms with Gasteiger partial charge in [0.05, 0.1) is 25.3 Å². The Kier molecular flexibility index (Phi) is 6.60. The first-order valence-corrected chi connectivity index (χ1v) is 11.3. The fraction of sp³-hybridized carbons (Fsp3) is 0.333. The number of ketones is 1. The number of methoxy groups -OCH3 is 2. The summed E-state index contributed by atoms with van der Waals surface area (Å²) in [5.41, 5.74) is -0.200. The zero-order valence-corrected chi connectivity index (χ0v) is 19.4. The summed E-state index contributed by atoms with van der Waals surface area (Å²) < 4.78 is 42.6. The Balaban J connectivity index is 1.55. The highest BCUT2D eigenvalue weighted by atomic mass is 32.1. The average molecular weight is 489 g/mol. The molecule has 1 aliphatic rings. The molecule has 1 fully saturated rings. The van der Waals surface area contributed by atoms with Gasteiger partial charge in [-0.15, -0.1) is 0 Å². The molecule has 4 rings (SSSR count). The number of benzene rings is 2. The molecule has 2 heterocycles. The van der Waals surface area contributed by atoms with Gasteiger partial charge in [0.2, 0.25) is 0 Å². The minimum atomic E-state index is -1.50. The van der Waals surface area contributed by atoms with E-state index in [1.807, 2.05) is 0 Å². The van der Waals surface area contributed by atoms with Gasteiger partial charge in [-0.3, -0.25) is 9.59 Å². The molecule has 3 aromatic rings. The Morgan fingerprint density at radius 1 is 1.12 bits per heavy atom. The number of carbonyl (C=O) groups excluding carboxylic acids is 3. The van der Waals surface area contributed by atoms with Crippen molar-refractivity contribution in [3.63, 3.8) is 0 Å². The molecule has 10 heteroatoms. The van der Waals surface area contributed by atoms with Crippen LogP contribution in [0.4, 0.5) is 8.78 Å². The number of amides is 1. The van der Waals surface area contributed by atoms with E-state index in [2.05, 4.69) is 9.11 Å². The van der Waals surface area contributed by atoms with Crippen LogP contribution in [0.1, 0.15) is 38.4 Å². The van der Waals surface area contributed by atoms with Crippen LogP contribution in [0.25, 0.3) is 10.9 Å². The molecule has 0 radical (unpaired) electrons. The third kappa shape index (κ3) is 4.63. The molecule has 0 spiro atoms. The Labute approximate surface area is 198 Å². The summed E-state index contributed by atoms with van der Waals surface area (Å²) in [4.78, 5) is 39.0. The van der Waals surface area contributed by atoms with Crippen molar-refractivity contribution in [1.29, 1.82) is 0 Å². The Bertz CT molecular complexity index is 1250. The summed E-state index contributed by atoms with van der Waals surface area (Å²) in [5, 5.41) is 0.345. The third-order valence-corrected chi connectivity index (χ3v) is 6.86. The lowest BCUT2D eigenvalue weighted by Gasteiger charge is -2.36. The number of piperidine rings is 1. The SMILES string of the molecule is COC(=O)C(=O)c1snc2cc(OC)c(C(=O)N3CCC(F)(Cc4ccc(F)cc4)CC3)cc12. The van der Waals surface area contributed by atoms with Crippen molar-refractivity contribution in [2.24, 2.45) is 0 Å². The largest absolute Gasteiger partial charge is 0.496 e. The van der Waals surface area contributed by atoms with Crippen LogP contribution in [0.2, 0.25) is 0 Å². The van der Waals surface area contributed by atoms with Gasteiger partial charge in [-0.05, 0) is 48.1 Å². The molecule has 0 unspecified atom stereocenters. The number of Topliss-reactive ketones (excluding diaryl/α,β-unsaturated/α-hetero) is 1. The summed E-state index contributed by atoms with van der Waals surface area (Å²) in [7, 11) is 2.52. The number of esters is 1.